The average Bonchev–Trinajstić information content (AvgIpc) is 3.32. The van der Waals surface area contributed by atoms with Crippen molar-refractivity contribution in [1.29, 1.82) is 0 Å². The number of ether oxygens (including phenoxy) is 2. The molecule has 1 atom stereocenters. The molecule has 158 valence electrons. The molecular weight excluding hydrogens is 376 g/mol. The second-order valence-corrected chi connectivity index (χ2v) is 7.76. The first-order valence-corrected chi connectivity index (χ1v) is 10.7. The first-order valence-electron chi connectivity index (χ1n) is 10.7. The van der Waals surface area contributed by atoms with Crippen LogP contribution in [0.25, 0.3) is 0 Å². The van der Waals surface area contributed by atoms with E-state index in [0.29, 0.717) is 12.3 Å². The van der Waals surface area contributed by atoms with E-state index in [1.807, 2.05) is 36.4 Å². The molecule has 5 nitrogen and oxygen atoms in total. The number of hydrogen-bond acceptors (Lipinski definition) is 5. The molecule has 0 spiro atoms. The summed E-state index contributed by atoms with van der Waals surface area (Å²) in [6.07, 6.45) is 6.73. The first kappa shape index (κ1) is 20.5. The molecule has 1 aromatic heterocycles. The number of hydrogen-bond donors (Lipinski definition) is 1. The molecule has 0 saturated carbocycles. The zero-order chi connectivity index (χ0) is 20.6. The number of piperidine rings is 1. The van der Waals surface area contributed by atoms with Crippen molar-refractivity contribution in [2.24, 2.45) is 0 Å². The molecule has 2 heterocycles. The van der Waals surface area contributed by atoms with Crippen molar-refractivity contribution in [3.05, 3.63) is 84.3 Å². The second kappa shape index (κ2) is 10.3. The summed E-state index contributed by atoms with van der Waals surface area (Å²) >= 11 is 0. The Balaban J connectivity index is 1.22. The van der Waals surface area contributed by atoms with Crippen molar-refractivity contribution < 1.29 is 13.9 Å². The van der Waals surface area contributed by atoms with E-state index < -0.39 is 0 Å². The highest BCUT2D eigenvalue weighted by molar-refractivity contribution is 5.51. The SMILES string of the molecule is Nc1ccccc1OCCCN1CCC(OC(c2ccccc2)c2ccoc2)CC1. The molecule has 3 aromatic rings. The van der Waals surface area contributed by atoms with Gasteiger partial charge in [0, 0.05) is 25.2 Å². The Morgan fingerprint density at radius 2 is 1.73 bits per heavy atom. The number of nitrogens with zero attached hydrogens (tertiary/aromatic N) is 1. The molecule has 1 unspecified atom stereocenters. The fourth-order valence-electron chi connectivity index (χ4n) is 3.95. The van der Waals surface area contributed by atoms with Crippen LogP contribution in [0.3, 0.4) is 0 Å². The number of rotatable bonds is 9. The van der Waals surface area contributed by atoms with Gasteiger partial charge in [0.2, 0.25) is 0 Å². The standard InChI is InChI=1S/C25H30N2O3/c26-23-9-4-5-10-24(23)29-17-6-14-27-15-11-22(12-16-27)30-25(21-13-18-28-19-21)20-7-2-1-3-8-20/h1-5,7-10,13,18-19,22,25H,6,11-12,14-17,26H2. The first-order chi connectivity index (χ1) is 14.8. The van der Waals surface area contributed by atoms with Crippen LogP contribution in [0.2, 0.25) is 0 Å². The van der Waals surface area contributed by atoms with Crippen molar-refractivity contribution in [3.63, 3.8) is 0 Å². The molecule has 0 amide bonds. The number of nitrogen functional groups attached to an aromatic ring is 1. The molecule has 0 radical (unpaired) electrons. The van der Waals surface area contributed by atoms with E-state index >= 15 is 0 Å². The molecule has 0 bridgehead atoms. The van der Waals surface area contributed by atoms with Crippen molar-refractivity contribution in [1.82, 2.24) is 4.90 Å². The largest absolute Gasteiger partial charge is 0.491 e. The van der Waals surface area contributed by atoms with Gasteiger partial charge in [0.25, 0.3) is 0 Å². The normalized spacial score (nSPS) is 16.4. The van der Waals surface area contributed by atoms with Gasteiger partial charge < -0.3 is 24.5 Å². The molecule has 1 aliphatic heterocycles. The maximum atomic E-state index is 6.54. The number of likely N-dealkylation sites (tertiary alicyclic amines) is 1. The fourth-order valence-corrected chi connectivity index (χ4v) is 3.95. The molecule has 4 rings (SSSR count). The molecule has 1 fully saturated rings. The minimum atomic E-state index is -0.0776. The van der Waals surface area contributed by atoms with E-state index in [-0.39, 0.29) is 12.2 Å². The van der Waals surface area contributed by atoms with Crippen molar-refractivity contribution >= 4 is 5.69 Å². The van der Waals surface area contributed by atoms with Gasteiger partial charge in [-0.05, 0) is 43.0 Å². The van der Waals surface area contributed by atoms with Crippen LogP contribution in [0.1, 0.15) is 36.5 Å². The minimum Gasteiger partial charge on any atom is -0.491 e. The summed E-state index contributed by atoms with van der Waals surface area (Å²) in [5.41, 5.74) is 8.85. The maximum absolute atomic E-state index is 6.54. The van der Waals surface area contributed by atoms with Gasteiger partial charge in [0.15, 0.2) is 0 Å². The molecule has 2 aromatic carbocycles. The molecule has 30 heavy (non-hydrogen) atoms. The van der Waals surface area contributed by atoms with E-state index in [0.717, 1.165) is 50.2 Å². The molecule has 1 saturated heterocycles. The zero-order valence-corrected chi connectivity index (χ0v) is 17.3. The molecule has 0 aliphatic carbocycles. The molecule has 2 N–H and O–H groups in total. The average molecular weight is 407 g/mol. The number of furan rings is 1. The van der Waals surface area contributed by atoms with Gasteiger partial charge in [-0.15, -0.1) is 0 Å². The van der Waals surface area contributed by atoms with Gasteiger partial charge in [-0.2, -0.15) is 0 Å². The van der Waals surface area contributed by atoms with Gasteiger partial charge in [0.05, 0.1) is 30.9 Å². The van der Waals surface area contributed by atoms with Gasteiger partial charge in [-0.3, -0.25) is 0 Å². The number of para-hydroxylation sites is 2. The summed E-state index contributed by atoms with van der Waals surface area (Å²) in [5.74, 6) is 0.774. The lowest BCUT2D eigenvalue weighted by molar-refractivity contribution is -0.0275. The second-order valence-electron chi connectivity index (χ2n) is 7.76. The van der Waals surface area contributed by atoms with Crippen molar-refractivity contribution in [2.45, 2.75) is 31.5 Å². The van der Waals surface area contributed by atoms with Gasteiger partial charge in [-0.25, -0.2) is 0 Å². The Labute approximate surface area is 178 Å². The third-order valence-corrected chi connectivity index (χ3v) is 5.61. The smallest absolute Gasteiger partial charge is 0.142 e. The van der Waals surface area contributed by atoms with Crippen LogP contribution in [-0.4, -0.2) is 37.2 Å². The predicted octanol–water partition coefficient (Wildman–Crippen LogP) is 4.90. The maximum Gasteiger partial charge on any atom is 0.142 e. The van der Waals surface area contributed by atoms with E-state index in [1.54, 1.807) is 12.5 Å². The summed E-state index contributed by atoms with van der Waals surface area (Å²) in [6.45, 7) is 3.81. The highest BCUT2D eigenvalue weighted by atomic mass is 16.5. The lowest BCUT2D eigenvalue weighted by Gasteiger charge is -2.34. The van der Waals surface area contributed by atoms with Crippen LogP contribution in [0, 0.1) is 0 Å². The number of anilines is 1. The van der Waals surface area contributed by atoms with Crippen molar-refractivity contribution in [3.8, 4) is 5.75 Å². The lowest BCUT2D eigenvalue weighted by Crippen LogP contribution is -2.38. The predicted molar refractivity (Wildman–Crippen MR) is 119 cm³/mol. The summed E-state index contributed by atoms with van der Waals surface area (Å²) in [4.78, 5) is 2.49. The molecular formula is C25H30N2O3. The molecule has 5 heteroatoms. The van der Waals surface area contributed by atoms with Crippen LogP contribution in [0.4, 0.5) is 5.69 Å². The Hall–Kier alpha value is -2.76. The topological polar surface area (TPSA) is 60.9 Å². The Bertz CT molecular complexity index is 874. The Morgan fingerprint density at radius 1 is 0.967 bits per heavy atom. The lowest BCUT2D eigenvalue weighted by atomic mass is 10.0. The Morgan fingerprint density at radius 3 is 2.47 bits per heavy atom. The van der Waals surface area contributed by atoms with Crippen LogP contribution in [0.15, 0.2) is 77.6 Å². The zero-order valence-electron chi connectivity index (χ0n) is 17.3. The summed E-state index contributed by atoms with van der Waals surface area (Å²) in [5, 5.41) is 0. The van der Waals surface area contributed by atoms with E-state index in [1.165, 1.54) is 5.56 Å². The van der Waals surface area contributed by atoms with Crippen LogP contribution in [-0.2, 0) is 4.74 Å². The van der Waals surface area contributed by atoms with Gasteiger partial charge in [0.1, 0.15) is 11.9 Å². The van der Waals surface area contributed by atoms with E-state index in [2.05, 4.69) is 29.2 Å². The Kier molecular flexibility index (Phi) is 7.06. The van der Waals surface area contributed by atoms with Gasteiger partial charge in [-0.1, -0.05) is 42.5 Å². The van der Waals surface area contributed by atoms with E-state index in [4.69, 9.17) is 19.6 Å². The summed E-state index contributed by atoms with van der Waals surface area (Å²) < 4.78 is 17.7. The summed E-state index contributed by atoms with van der Waals surface area (Å²) in [7, 11) is 0. The van der Waals surface area contributed by atoms with Crippen LogP contribution in [0.5, 0.6) is 5.75 Å². The third kappa shape index (κ3) is 5.43. The van der Waals surface area contributed by atoms with Crippen molar-refractivity contribution in [2.75, 3.05) is 32.0 Å². The van der Waals surface area contributed by atoms with Gasteiger partial charge >= 0.3 is 0 Å². The third-order valence-electron chi connectivity index (χ3n) is 5.61. The number of benzene rings is 2. The van der Waals surface area contributed by atoms with Crippen LogP contribution >= 0.6 is 0 Å². The highest BCUT2D eigenvalue weighted by Crippen LogP contribution is 2.30. The number of nitrogens with two attached hydrogens (primary N) is 1. The fraction of sp³-hybridized carbons (Fsp3) is 0.360. The monoisotopic (exact) mass is 406 g/mol. The quantitative estimate of drug-likeness (QED) is 0.404. The molecule has 1 aliphatic rings. The van der Waals surface area contributed by atoms with Crippen LogP contribution < -0.4 is 10.5 Å². The van der Waals surface area contributed by atoms with E-state index in [9.17, 15) is 0 Å². The summed E-state index contributed by atoms with van der Waals surface area (Å²) in [6, 6.07) is 20.0. The minimum absolute atomic E-state index is 0.0776. The highest BCUT2D eigenvalue weighted by Gasteiger charge is 2.25.